The van der Waals surface area contributed by atoms with Crippen molar-refractivity contribution in [2.75, 3.05) is 0 Å². The first kappa shape index (κ1) is 9.48. The number of nitrogens with zero attached hydrogens (tertiary/aromatic N) is 1. The van der Waals surface area contributed by atoms with Gasteiger partial charge in [-0.1, -0.05) is 0 Å². The van der Waals surface area contributed by atoms with Gasteiger partial charge in [0, 0.05) is 0 Å². The molecule has 1 heterocycles. The number of aromatic nitrogens is 1. The molecule has 1 aromatic heterocycles. The second-order valence-corrected chi connectivity index (χ2v) is 3.73. The van der Waals surface area contributed by atoms with E-state index in [0.717, 1.165) is 10.9 Å². The fourth-order valence-electron chi connectivity index (χ4n) is 1.31. The molecule has 0 aliphatic rings. The van der Waals surface area contributed by atoms with E-state index in [1.807, 2.05) is 24.4 Å². The number of hydrogen-bond donors (Lipinski definition) is 0. The van der Waals surface area contributed by atoms with E-state index in [4.69, 9.17) is 0 Å². The monoisotopic (exact) mass is 243 g/mol. The van der Waals surface area contributed by atoms with Crippen LogP contribution in [0.3, 0.4) is 0 Å². The molecule has 0 atom stereocenters. The van der Waals surface area contributed by atoms with Crippen molar-refractivity contribution in [1.82, 2.24) is 4.98 Å². The Labute approximate surface area is 92.7 Å². The number of hydrogen-bond acceptors (Lipinski definition) is 1. The zero-order valence-corrected chi connectivity index (χ0v) is 9.60. The van der Waals surface area contributed by atoms with Gasteiger partial charge >= 0.3 is 92.5 Å². The topological polar surface area (TPSA) is 12.9 Å². The van der Waals surface area contributed by atoms with Gasteiger partial charge in [-0.2, -0.15) is 0 Å². The van der Waals surface area contributed by atoms with Crippen LogP contribution in [-0.2, 0) is 5.21 Å². The second-order valence-electron chi connectivity index (χ2n) is 3.07. The Morgan fingerprint density at radius 1 is 1.00 bits per heavy atom. The molecule has 2 aromatic rings. The average molecular weight is 243 g/mol. The molecule has 0 bridgehead atoms. The summed E-state index contributed by atoms with van der Waals surface area (Å²) in [5.74, 6) is 0. The van der Waals surface area contributed by atoms with Crippen LogP contribution in [0.1, 0.15) is 5.56 Å². The van der Waals surface area contributed by atoms with Gasteiger partial charge in [0.05, 0.1) is 0 Å². The molecule has 0 aliphatic carbocycles. The second kappa shape index (κ2) is 4.43. The minimum absolute atomic E-state index is 1.02. The van der Waals surface area contributed by atoms with Gasteiger partial charge in [-0.15, -0.1) is 0 Å². The minimum atomic E-state index is 1.02. The molecule has 2 rings (SSSR count). The first-order valence-electron chi connectivity index (χ1n) is 4.51. The van der Waals surface area contributed by atoms with Crippen molar-refractivity contribution in [1.29, 1.82) is 0 Å². The van der Waals surface area contributed by atoms with Crippen LogP contribution in [0.15, 0.2) is 48.7 Å². The van der Waals surface area contributed by atoms with Crippen molar-refractivity contribution >= 4 is 16.9 Å². The maximum atomic E-state index is 4.30. The number of pyridine rings is 1. The summed E-state index contributed by atoms with van der Waals surface area (Å²) >= 11 is 2.58. The molecular weight excluding hydrogens is 233 g/mol. The zero-order chi connectivity index (χ0) is 9.80. The molecule has 0 saturated carbocycles. The number of rotatable bonds is 2. The molecule has 14 heavy (non-hydrogen) atoms. The first-order valence-corrected chi connectivity index (χ1v) is 5.84. The van der Waals surface area contributed by atoms with Crippen LogP contribution >= 0.6 is 0 Å². The van der Waals surface area contributed by atoms with E-state index in [2.05, 4.69) is 46.1 Å². The van der Waals surface area contributed by atoms with E-state index < -0.39 is 0 Å². The summed E-state index contributed by atoms with van der Waals surface area (Å²) in [5.41, 5.74) is 3.55. The standard InChI is InChI=1S/C12H10AsN/c13-9-10-4-6-11(7-5-10)12-3-1-2-8-14-12/h1-8H,9H2. The molecule has 0 N–H and O–H groups in total. The van der Waals surface area contributed by atoms with Crippen LogP contribution in [0.2, 0.25) is 0 Å². The SMILES string of the molecule is [As]Cc1ccc(-c2ccccn2)cc1. The third kappa shape index (κ3) is 2.05. The Morgan fingerprint density at radius 3 is 2.36 bits per heavy atom. The molecule has 2 radical (unpaired) electrons. The van der Waals surface area contributed by atoms with E-state index in [1.165, 1.54) is 11.1 Å². The van der Waals surface area contributed by atoms with Gasteiger partial charge in [0.1, 0.15) is 0 Å². The van der Waals surface area contributed by atoms with Gasteiger partial charge in [0.15, 0.2) is 0 Å². The van der Waals surface area contributed by atoms with Gasteiger partial charge in [-0.05, 0) is 0 Å². The van der Waals surface area contributed by atoms with E-state index in [1.54, 1.807) is 0 Å². The Morgan fingerprint density at radius 2 is 1.79 bits per heavy atom. The van der Waals surface area contributed by atoms with Crippen molar-refractivity contribution < 1.29 is 0 Å². The van der Waals surface area contributed by atoms with Crippen LogP contribution in [0.25, 0.3) is 11.3 Å². The summed E-state index contributed by atoms with van der Waals surface area (Å²) in [7, 11) is 0. The van der Waals surface area contributed by atoms with Gasteiger partial charge in [0.25, 0.3) is 0 Å². The van der Waals surface area contributed by atoms with E-state index in [0.29, 0.717) is 0 Å². The van der Waals surface area contributed by atoms with Crippen LogP contribution in [0.5, 0.6) is 0 Å². The normalized spacial score (nSPS) is 10.1. The van der Waals surface area contributed by atoms with Crippen molar-refractivity contribution in [3.8, 4) is 11.3 Å². The molecule has 1 nitrogen and oxygen atoms in total. The summed E-state index contributed by atoms with van der Waals surface area (Å²) in [4.78, 5) is 4.30. The van der Waals surface area contributed by atoms with Gasteiger partial charge < -0.3 is 0 Å². The predicted octanol–water partition coefficient (Wildman–Crippen LogP) is 2.42. The molecular formula is C12H10AsN. The summed E-state index contributed by atoms with van der Waals surface area (Å²) in [6, 6.07) is 14.5. The fraction of sp³-hybridized carbons (Fsp3) is 0.0833. The Hall–Kier alpha value is -1.07. The summed E-state index contributed by atoms with van der Waals surface area (Å²) in [6.45, 7) is 0. The molecule has 0 unspecified atom stereocenters. The predicted molar refractivity (Wildman–Crippen MR) is 59.1 cm³/mol. The maximum absolute atomic E-state index is 4.30. The van der Waals surface area contributed by atoms with Crippen molar-refractivity contribution in [3.05, 3.63) is 54.2 Å². The van der Waals surface area contributed by atoms with Gasteiger partial charge in [0.2, 0.25) is 0 Å². The average Bonchev–Trinajstić information content (AvgIpc) is 2.30. The fourth-order valence-corrected chi connectivity index (χ4v) is 1.76. The third-order valence-electron chi connectivity index (χ3n) is 2.10. The molecule has 2 heteroatoms. The zero-order valence-electron chi connectivity index (χ0n) is 7.72. The molecule has 0 fully saturated rings. The molecule has 1 aromatic carbocycles. The third-order valence-corrected chi connectivity index (χ3v) is 2.86. The molecule has 0 aliphatic heterocycles. The van der Waals surface area contributed by atoms with Crippen molar-refractivity contribution in [2.24, 2.45) is 0 Å². The van der Waals surface area contributed by atoms with Crippen LogP contribution in [-0.4, -0.2) is 21.8 Å². The Kier molecular flexibility index (Phi) is 3.00. The Bertz CT molecular complexity index is 394. The molecule has 0 saturated heterocycles. The summed E-state index contributed by atoms with van der Waals surface area (Å²) in [6.07, 6.45) is 1.82. The molecule has 68 valence electrons. The van der Waals surface area contributed by atoms with Crippen LogP contribution in [0.4, 0.5) is 0 Å². The summed E-state index contributed by atoms with van der Waals surface area (Å²) in [5, 5.41) is 1.02. The van der Waals surface area contributed by atoms with E-state index in [9.17, 15) is 0 Å². The van der Waals surface area contributed by atoms with Gasteiger partial charge in [-0.25, -0.2) is 0 Å². The van der Waals surface area contributed by atoms with Crippen LogP contribution in [0, 0.1) is 0 Å². The van der Waals surface area contributed by atoms with Crippen LogP contribution < -0.4 is 0 Å². The van der Waals surface area contributed by atoms with E-state index >= 15 is 0 Å². The quantitative estimate of drug-likeness (QED) is 0.738. The first-order chi connectivity index (χ1) is 6.90. The van der Waals surface area contributed by atoms with Crippen molar-refractivity contribution in [2.45, 2.75) is 5.21 Å². The molecule has 0 amide bonds. The van der Waals surface area contributed by atoms with Crippen molar-refractivity contribution in [3.63, 3.8) is 0 Å². The van der Waals surface area contributed by atoms with Gasteiger partial charge in [-0.3, -0.25) is 0 Å². The summed E-state index contributed by atoms with van der Waals surface area (Å²) < 4.78 is 0. The Balaban J connectivity index is 2.34. The molecule has 0 spiro atoms. The van der Waals surface area contributed by atoms with E-state index in [-0.39, 0.29) is 0 Å². The number of benzene rings is 1.